The second kappa shape index (κ2) is 62.6. The molecule has 1 heterocycles. The molecule has 50 nitrogen and oxygen atoms in total. The minimum absolute atomic E-state index is 0.00397. The molecule has 0 aliphatic carbocycles. The number of phenolic OH excluding ortho intramolecular Hbond substituents is 2. The molecule has 15 amide bonds. The maximum absolute atomic E-state index is 15.4. The summed E-state index contributed by atoms with van der Waals surface area (Å²) in [6.45, 7) is 0.276. The van der Waals surface area contributed by atoms with Crippen molar-refractivity contribution in [2.45, 2.75) is 232 Å². The van der Waals surface area contributed by atoms with E-state index in [0.717, 1.165) is 10.8 Å². The van der Waals surface area contributed by atoms with Crippen molar-refractivity contribution in [3.8, 4) is 11.5 Å². The lowest BCUT2D eigenvalue weighted by molar-refractivity contribution is -0.143. The number of urea groups is 1. The minimum Gasteiger partial charge on any atom is -0.508 e. The van der Waals surface area contributed by atoms with Gasteiger partial charge in [-0.05, 0) is 187 Å². The molecule has 141 heavy (non-hydrogen) atoms. The predicted octanol–water partition coefficient (Wildman–Crippen LogP) is -6.02. The number of unbranched alkanes of at least 4 members (excludes halogenated alkanes) is 2. The van der Waals surface area contributed by atoms with Crippen LogP contribution in [-0.2, 0) is 91.2 Å². The van der Waals surface area contributed by atoms with Crippen LogP contribution in [0.1, 0.15) is 145 Å². The van der Waals surface area contributed by atoms with Crippen LogP contribution in [-0.4, -0.2) is 292 Å². The Morgan fingerprint density at radius 2 is 0.681 bits per heavy atom. The number of primary amides is 1. The van der Waals surface area contributed by atoms with Crippen LogP contribution < -0.4 is 136 Å². The van der Waals surface area contributed by atoms with Crippen LogP contribution >= 0.6 is 25.3 Å². The molecule has 1 aliphatic rings. The first kappa shape index (κ1) is 117. The highest BCUT2D eigenvalue weighted by atomic mass is 32.1. The Balaban J connectivity index is 1.47. The Kier molecular flexibility index (Phi) is 52.1. The number of hydrogen-bond acceptors (Lipinski definition) is 27. The lowest BCUT2D eigenvalue weighted by Crippen LogP contribution is -2.61. The quantitative estimate of drug-likeness (QED) is 0.00847. The molecule has 0 spiro atoms. The lowest BCUT2D eigenvalue weighted by Gasteiger charge is -2.31. The van der Waals surface area contributed by atoms with E-state index in [1.807, 2.05) is 18.2 Å². The van der Waals surface area contributed by atoms with E-state index in [-0.39, 0.29) is 191 Å². The Hall–Kier alpha value is -14.3. The van der Waals surface area contributed by atoms with E-state index >= 15 is 28.8 Å². The summed E-state index contributed by atoms with van der Waals surface area (Å²) in [7, 11) is 0. The number of carboxylic acid groups (broad SMARTS) is 2. The van der Waals surface area contributed by atoms with Gasteiger partial charge in [0.25, 0.3) is 0 Å². The summed E-state index contributed by atoms with van der Waals surface area (Å²) < 4.78 is 0. The molecule has 0 radical (unpaired) electrons. The third-order valence-corrected chi connectivity index (χ3v) is 23.3. The maximum atomic E-state index is 15.4. The molecule has 1 aliphatic heterocycles. The molecule has 0 unspecified atom stereocenters. The highest BCUT2D eigenvalue weighted by Crippen LogP contribution is 2.24. The molecule has 52 heteroatoms. The Morgan fingerprint density at radius 1 is 0.362 bits per heavy atom. The summed E-state index contributed by atoms with van der Waals surface area (Å²) in [5.74, 6) is -18.0. The smallest absolute Gasteiger partial charge is 0.326 e. The molecule has 0 aromatic heterocycles. The van der Waals surface area contributed by atoms with Crippen molar-refractivity contribution in [2.75, 3.05) is 63.9 Å². The number of rotatable bonds is 65. The molecular formula is C89H138N30O20S2. The van der Waals surface area contributed by atoms with Gasteiger partial charge in [-0.2, -0.15) is 25.3 Å². The summed E-state index contributed by atoms with van der Waals surface area (Å²) in [6.07, 6.45) is -1.34. The molecule has 1 fully saturated rings. The number of nitrogens with two attached hydrogens (primary N) is 8. The number of phenols is 2. The molecule has 4 aromatic rings. The molecule has 4 aromatic carbocycles. The maximum Gasteiger partial charge on any atom is 0.326 e. The molecule has 0 bridgehead atoms. The molecule has 41 N–H and O–H groups in total. The summed E-state index contributed by atoms with van der Waals surface area (Å²) in [5, 5.41) is 116. The topological polar surface area (TPSA) is 865 Å². The number of carbonyl (C=O) groups is 16. The van der Waals surface area contributed by atoms with Crippen LogP contribution in [0, 0.1) is 21.6 Å². The Morgan fingerprint density at radius 3 is 1.06 bits per heavy atom. The Bertz CT molecular complexity index is 4900. The molecule has 5 rings (SSSR count). The second-order valence-corrected chi connectivity index (χ2v) is 34.5. The van der Waals surface area contributed by atoms with Crippen molar-refractivity contribution in [1.82, 2.24) is 95.3 Å². The number of aliphatic carboxylic acids is 2. The lowest BCUT2D eigenvalue weighted by atomic mass is 10.00. The van der Waals surface area contributed by atoms with Gasteiger partial charge in [0.05, 0.1) is 6.04 Å². The largest absolute Gasteiger partial charge is 0.508 e. The summed E-state index contributed by atoms with van der Waals surface area (Å²) in [6, 6.07) is 1.50. The first-order chi connectivity index (χ1) is 67.1. The van der Waals surface area contributed by atoms with E-state index < -0.39 is 216 Å². The fraction of sp³-hybridized carbons (Fsp3) is 0.528. The van der Waals surface area contributed by atoms with Gasteiger partial charge in [-0.3, -0.25) is 88.8 Å². The average molecular weight is 2010 g/mol. The zero-order valence-corrected chi connectivity index (χ0v) is 80.1. The third-order valence-electron chi connectivity index (χ3n) is 22.6. The summed E-state index contributed by atoms with van der Waals surface area (Å²) >= 11 is 8.62. The van der Waals surface area contributed by atoms with Crippen molar-refractivity contribution >= 4 is 155 Å². The fourth-order valence-electron chi connectivity index (χ4n) is 15.0. The van der Waals surface area contributed by atoms with Gasteiger partial charge in [-0.1, -0.05) is 66.7 Å². The van der Waals surface area contributed by atoms with E-state index in [2.05, 4.69) is 116 Å². The van der Waals surface area contributed by atoms with Gasteiger partial charge < -0.3 is 162 Å². The van der Waals surface area contributed by atoms with Gasteiger partial charge >= 0.3 is 18.0 Å². The van der Waals surface area contributed by atoms with Crippen LogP contribution in [0.5, 0.6) is 11.5 Å². The highest BCUT2D eigenvalue weighted by molar-refractivity contribution is 7.80. The number of nitrogens with one attached hydrogen (secondary N) is 21. The van der Waals surface area contributed by atoms with E-state index in [9.17, 15) is 68.4 Å². The molecule has 14 atom stereocenters. The minimum atomic E-state index is -1.71. The van der Waals surface area contributed by atoms with Crippen molar-refractivity contribution in [2.24, 2.45) is 45.9 Å². The van der Waals surface area contributed by atoms with E-state index in [1.54, 1.807) is 24.3 Å². The number of carbonyl (C=O) groups excluding carboxylic acids is 14. The van der Waals surface area contributed by atoms with Crippen molar-refractivity contribution < 1.29 is 97.1 Å². The molecule has 1 saturated heterocycles. The van der Waals surface area contributed by atoms with Gasteiger partial charge in [-0.15, -0.1) is 0 Å². The van der Waals surface area contributed by atoms with E-state index in [0.29, 0.717) is 36.0 Å². The van der Waals surface area contributed by atoms with Crippen molar-refractivity contribution in [1.29, 1.82) is 21.6 Å². The second-order valence-electron chi connectivity index (χ2n) is 33.7. The van der Waals surface area contributed by atoms with E-state index in [1.165, 1.54) is 53.4 Å². The number of benzene rings is 4. The zero-order valence-electron chi connectivity index (χ0n) is 78.4. The van der Waals surface area contributed by atoms with E-state index in [4.69, 9.17) is 67.5 Å². The van der Waals surface area contributed by atoms with Crippen LogP contribution in [0.25, 0.3) is 10.8 Å². The third kappa shape index (κ3) is 43.8. The number of amides is 15. The zero-order chi connectivity index (χ0) is 104. The first-order valence-corrected chi connectivity index (χ1v) is 47.6. The summed E-state index contributed by atoms with van der Waals surface area (Å²) in [4.78, 5) is 228. The number of likely N-dealkylation sites (tertiary alicyclic amines) is 1. The molecule has 0 saturated carbocycles. The normalized spacial score (nSPS) is 14.8. The number of thiol groups is 2. The van der Waals surface area contributed by atoms with Gasteiger partial charge in [0.15, 0.2) is 23.8 Å². The standard InChI is InChI=1S/C89H138N30O20S2/c90-35-5-3-16-57(74(127)112-62(17-4-6-36-91)83(136)119-42-12-22-69(119)82(135)116-65(45-50-26-31-55(121)32-27-50)78(131)111-60(20-10-40-105-88(99)100)73(126)109-61(21-11-41-106-89(101)139)76(129)117-67(47-140)80(133)113-63(84(137)138)33-34-70(122)123)108-72(125)59(19-9-39-104-87(97)98)110-77(130)64(44-49-24-29-54(120)30-25-49)115-81(134)68(48-141)118-79(132)66(46-51-23-28-52-13-1-2-14-53(52)43-51)114-75(128)58(18-8-38-103-86(95)96)107-71(124)56(92)15-7-37-102-85(93)94/h1-2,13-14,23-32,43,56-69,120-121,140-141H,3-12,15-22,33-42,44-48,90-92H2,(H,107,124)(H,108,125)(H,109,126)(H,110,130)(H,111,131)(H,112,127)(H,113,133)(H,114,128)(H,115,134)(H,116,135)(H,117,129)(H,118,132)(H,122,123)(H,137,138)(H4,93,94,102)(H4,95,96,103)(H4,97,98,104)(H4,99,100,105)(H3,101,106,139)/t56-,57-,58-,59-,60-,61-,62+,63-,64-,65-,66-,67-,68-,69-/m0/s1. The first-order valence-electron chi connectivity index (χ1n) is 46.3. The summed E-state index contributed by atoms with van der Waals surface area (Å²) in [5.41, 5.74) is 46.9. The monoisotopic (exact) mass is 2010 g/mol. The SMILES string of the molecule is N=C(N)NCCC[C@H](NC(=O)[C@H](Cc1ccc(O)cc1)NC(=O)[C@H](CS)NC(=O)[C@H](Cc1ccc2ccccc2c1)NC(=O)[C@H](CCCNC(=N)N)NC(=O)[C@@H](N)CCCNC(=N)N)C(=O)N[C@@H](CCCCN)C(=O)N[C@H](CCCCN)C(=O)N1CCC[C@H]1C(=O)N[C@@H](Cc1ccc(O)cc1)C(=O)N[C@@H](CCCNC(=N)N)C(=O)N[C@@H](CCCNC(N)=O)C(=O)N[C@@H](CS)C(=O)N[C@@H](CCC(=O)O)C(=O)O. The van der Waals surface area contributed by atoms with Crippen LogP contribution in [0.2, 0.25) is 0 Å². The number of carboxylic acids is 2. The predicted molar refractivity (Wildman–Crippen MR) is 529 cm³/mol. The van der Waals surface area contributed by atoms with Crippen molar-refractivity contribution in [3.63, 3.8) is 0 Å². The number of aromatic hydroxyl groups is 2. The van der Waals surface area contributed by atoms with Crippen LogP contribution in [0.4, 0.5) is 4.79 Å². The highest BCUT2D eigenvalue weighted by Gasteiger charge is 2.42. The number of fused-ring (bicyclic) bond motifs is 1. The van der Waals surface area contributed by atoms with Crippen LogP contribution in [0.15, 0.2) is 91.0 Å². The fourth-order valence-corrected chi connectivity index (χ4v) is 15.5. The molecular weight excluding hydrogens is 1870 g/mol. The number of hydrogen-bond donors (Lipinski definition) is 35. The van der Waals surface area contributed by atoms with Gasteiger partial charge in [0.2, 0.25) is 76.8 Å². The number of nitrogens with zero attached hydrogens (tertiary/aromatic N) is 1. The van der Waals surface area contributed by atoms with Gasteiger partial charge in [0.1, 0.15) is 90.0 Å². The van der Waals surface area contributed by atoms with Crippen LogP contribution in [0.3, 0.4) is 0 Å². The van der Waals surface area contributed by atoms with Crippen molar-refractivity contribution in [3.05, 3.63) is 108 Å². The Labute approximate surface area is 825 Å². The van der Waals surface area contributed by atoms with Gasteiger partial charge in [0, 0.05) is 76.5 Å². The van der Waals surface area contributed by atoms with Gasteiger partial charge in [-0.25, -0.2) is 9.59 Å². The molecule has 776 valence electrons. The average Bonchev–Trinajstić information content (AvgIpc) is 1.67. The number of guanidine groups is 4.